The molecule has 0 saturated heterocycles. The van der Waals surface area contributed by atoms with E-state index in [4.69, 9.17) is 18.8 Å². The van der Waals surface area contributed by atoms with Gasteiger partial charge in [-0.2, -0.15) is 0 Å². The highest BCUT2D eigenvalue weighted by atomic mass is 16.4. The Morgan fingerprint density at radius 1 is 0.364 bits per heavy atom. The summed E-state index contributed by atoms with van der Waals surface area (Å²) in [7, 11) is 0. The molecule has 0 N–H and O–H groups in total. The van der Waals surface area contributed by atoms with E-state index in [1.165, 1.54) is 66.8 Å². The third-order valence-electron chi connectivity index (χ3n) is 18.9. The lowest BCUT2D eigenvalue weighted by atomic mass is 9.68. The van der Waals surface area contributed by atoms with E-state index in [1.807, 2.05) is 48.5 Å². The lowest BCUT2D eigenvalue weighted by molar-refractivity contribution is 0.588. The van der Waals surface area contributed by atoms with Gasteiger partial charge in [0.25, 0.3) is 0 Å². The molecule has 0 amide bonds. The summed E-state index contributed by atoms with van der Waals surface area (Å²) in [5.74, 6) is 1.19. The van der Waals surface area contributed by atoms with E-state index in [0.717, 1.165) is 84.1 Å². The first-order valence-corrected chi connectivity index (χ1v) is 30.4. The lowest BCUT2D eigenvalue weighted by Gasteiger charge is -2.35. The van der Waals surface area contributed by atoms with Crippen molar-refractivity contribution >= 4 is 56.3 Å². The van der Waals surface area contributed by atoms with Crippen LogP contribution in [0.4, 0.5) is 34.1 Å². The SMILES string of the molecule is CC(C)(C)c1ccc2c(c1)C13c4cc(N(c5ccc(-c6ccccc6)cc5)c5ccc(-c6nc7ccccc7o6)cc5)ccc4-c4ccc(cc41)N(c1ccc(-c4ccccc4)cc1)c1ccc(-c4nc5ccccc5o4)cc1C(C)(C)c1ccc-2c3c1. The van der Waals surface area contributed by atoms with E-state index in [2.05, 4.69) is 269 Å². The second-order valence-corrected chi connectivity index (χ2v) is 25.4. The van der Waals surface area contributed by atoms with Gasteiger partial charge in [0.1, 0.15) is 11.0 Å². The van der Waals surface area contributed by atoms with Gasteiger partial charge in [0, 0.05) is 45.0 Å². The summed E-state index contributed by atoms with van der Waals surface area (Å²) >= 11 is 0. The van der Waals surface area contributed by atoms with Crippen LogP contribution in [-0.4, -0.2) is 9.97 Å². The molecule has 0 saturated carbocycles. The molecule has 420 valence electrons. The third kappa shape index (κ3) is 7.95. The Kier molecular flexibility index (Phi) is 11.3. The Morgan fingerprint density at radius 2 is 0.818 bits per heavy atom. The fourth-order valence-electron chi connectivity index (χ4n) is 14.3. The average molecular weight is 1130 g/mol. The molecule has 88 heavy (non-hydrogen) atoms. The number of rotatable bonds is 8. The zero-order valence-corrected chi connectivity index (χ0v) is 49.6. The van der Waals surface area contributed by atoms with Crippen molar-refractivity contribution in [2.45, 2.75) is 50.9 Å². The molecular formula is C82H60N4O2. The molecule has 4 bridgehead atoms. The van der Waals surface area contributed by atoms with Gasteiger partial charge in [-0.15, -0.1) is 0 Å². The molecule has 1 atom stereocenters. The summed E-state index contributed by atoms with van der Waals surface area (Å²) in [6.07, 6.45) is 0. The minimum atomic E-state index is -0.739. The molecule has 1 aliphatic heterocycles. The topological polar surface area (TPSA) is 58.5 Å². The standard InChI is InChI=1S/C82H60N4O2/c1-80(2,3)57-31-41-64-65-42-32-58-48-69(65)82(68(64)47-57)70-49-62(85(59-33-24-53(25-34-59)51-16-8-6-9-17-51)60-37-28-55(29-38-60)78-83-73-20-12-14-22-76(73)87-78)39-43-66(70)67-44-40-63(50-71(67)82)86(61-35-26-54(27-36-61)52-18-10-7-11-19-52)75-45-30-56(46-72(75)81(58,4)5)79-84-74-21-13-15-23-77(74)88-79/h6-50H,1-5H3. The number of aromatic nitrogens is 2. The molecule has 12 aromatic carbocycles. The Balaban J connectivity index is 0.915. The summed E-state index contributed by atoms with van der Waals surface area (Å²) in [4.78, 5) is 14.9. The number of hydrogen-bond donors (Lipinski definition) is 0. The van der Waals surface area contributed by atoms with Crippen LogP contribution in [0.5, 0.6) is 0 Å². The average Bonchev–Trinajstić information content (AvgIpc) is 1.50. The molecule has 0 radical (unpaired) electrons. The molecule has 2 aliphatic carbocycles. The van der Waals surface area contributed by atoms with E-state index in [0.29, 0.717) is 11.8 Å². The minimum Gasteiger partial charge on any atom is -0.436 e. The quantitative estimate of drug-likeness (QED) is 0.151. The van der Waals surface area contributed by atoms with Gasteiger partial charge in [-0.1, -0.05) is 192 Å². The summed E-state index contributed by atoms with van der Waals surface area (Å²) in [6.45, 7) is 11.8. The van der Waals surface area contributed by atoms with Gasteiger partial charge in [0.2, 0.25) is 11.8 Å². The number of benzene rings is 12. The van der Waals surface area contributed by atoms with Crippen molar-refractivity contribution in [1.82, 2.24) is 9.97 Å². The van der Waals surface area contributed by atoms with Crippen LogP contribution in [0, 0.1) is 0 Å². The Hall–Kier alpha value is -10.8. The van der Waals surface area contributed by atoms with Gasteiger partial charge in [-0.3, -0.25) is 0 Å². The summed E-state index contributed by atoms with van der Waals surface area (Å²) in [5.41, 5.74) is 28.3. The molecule has 17 rings (SSSR count). The molecule has 1 spiro atoms. The number of hydrogen-bond acceptors (Lipinski definition) is 6. The van der Waals surface area contributed by atoms with Crippen LogP contribution in [0.1, 0.15) is 73.6 Å². The van der Waals surface area contributed by atoms with Crippen LogP contribution in [0.15, 0.2) is 282 Å². The van der Waals surface area contributed by atoms with Crippen LogP contribution in [0.3, 0.4) is 0 Å². The molecule has 3 aliphatic rings. The van der Waals surface area contributed by atoms with Crippen molar-refractivity contribution in [2.24, 2.45) is 0 Å². The fraction of sp³-hybridized carbons (Fsp3) is 0.0976. The molecular weight excluding hydrogens is 1070 g/mol. The first kappa shape index (κ1) is 51.6. The highest BCUT2D eigenvalue weighted by Crippen LogP contribution is 2.65. The van der Waals surface area contributed by atoms with Crippen molar-refractivity contribution in [2.75, 3.05) is 9.80 Å². The second-order valence-electron chi connectivity index (χ2n) is 25.4. The van der Waals surface area contributed by atoms with Crippen molar-refractivity contribution in [3.8, 4) is 67.4 Å². The van der Waals surface area contributed by atoms with Crippen LogP contribution < -0.4 is 9.80 Å². The van der Waals surface area contributed by atoms with E-state index < -0.39 is 10.8 Å². The van der Waals surface area contributed by atoms with E-state index in [-0.39, 0.29) is 5.41 Å². The summed E-state index contributed by atoms with van der Waals surface area (Å²) < 4.78 is 12.9. The number of anilines is 6. The second kappa shape index (κ2) is 19.3. The molecule has 3 heterocycles. The Bertz CT molecular complexity index is 5020. The van der Waals surface area contributed by atoms with Crippen LogP contribution >= 0.6 is 0 Å². The van der Waals surface area contributed by atoms with E-state index in [9.17, 15) is 0 Å². The van der Waals surface area contributed by atoms with Crippen molar-refractivity contribution < 1.29 is 8.83 Å². The maximum Gasteiger partial charge on any atom is 0.227 e. The maximum atomic E-state index is 6.56. The van der Waals surface area contributed by atoms with Gasteiger partial charge in [-0.25, -0.2) is 9.97 Å². The molecule has 1 unspecified atom stereocenters. The van der Waals surface area contributed by atoms with Gasteiger partial charge in [-0.05, 0) is 204 Å². The highest BCUT2D eigenvalue weighted by molar-refractivity contribution is 5.99. The monoisotopic (exact) mass is 1130 g/mol. The predicted molar refractivity (Wildman–Crippen MR) is 360 cm³/mol. The lowest BCUT2D eigenvalue weighted by Crippen LogP contribution is -2.28. The minimum absolute atomic E-state index is 0.126. The summed E-state index contributed by atoms with van der Waals surface area (Å²) in [6, 6.07) is 100. The number of nitrogens with zero attached hydrogens (tertiary/aromatic N) is 4. The Labute approximate surface area is 512 Å². The number of para-hydroxylation sites is 4. The molecule has 2 aromatic heterocycles. The van der Waals surface area contributed by atoms with Crippen molar-refractivity contribution in [3.05, 3.63) is 312 Å². The van der Waals surface area contributed by atoms with Gasteiger partial charge in [0.15, 0.2) is 11.2 Å². The van der Waals surface area contributed by atoms with Crippen molar-refractivity contribution in [3.63, 3.8) is 0 Å². The highest BCUT2D eigenvalue weighted by Gasteiger charge is 2.53. The van der Waals surface area contributed by atoms with Gasteiger partial charge >= 0.3 is 0 Å². The van der Waals surface area contributed by atoms with Crippen LogP contribution in [0.25, 0.3) is 89.6 Å². The number of fused-ring (bicyclic) bond motifs is 9. The normalized spacial score (nSPS) is 15.0. The fourth-order valence-corrected chi connectivity index (χ4v) is 14.3. The van der Waals surface area contributed by atoms with E-state index >= 15 is 0 Å². The maximum absolute atomic E-state index is 6.56. The zero-order valence-electron chi connectivity index (χ0n) is 49.6. The largest absolute Gasteiger partial charge is 0.436 e. The first-order chi connectivity index (χ1) is 42.9. The third-order valence-corrected chi connectivity index (χ3v) is 18.9. The molecule has 0 fully saturated rings. The Morgan fingerprint density at radius 3 is 1.42 bits per heavy atom. The molecule has 14 aromatic rings. The van der Waals surface area contributed by atoms with Crippen molar-refractivity contribution in [1.29, 1.82) is 0 Å². The van der Waals surface area contributed by atoms with E-state index in [1.54, 1.807) is 0 Å². The van der Waals surface area contributed by atoms with Gasteiger partial charge < -0.3 is 18.6 Å². The smallest absolute Gasteiger partial charge is 0.227 e. The van der Waals surface area contributed by atoms with Gasteiger partial charge in [0.05, 0.1) is 11.1 Å². The first-order valence-electron chi connectivity index (χ1n) is 30.4. The number of oxazole rings is 2. The predicted octanol–water partition coefficient (Wildman–Crippen LogP) is 21.9. The molecule has 6 heteroatoms. The summed E-state index contributed by atoms with van der Waals surface area (Å²) in [5, 5.41) is 0. The molecule has 6 nitrogen and oxygen atoms in total. The van der Waals surface area contributed by atoms with Crippen LogP contribution in [-0.2, 0) is 16.2 Å². The van der Waals surface area contributed by atoms with Crippen LogP contribution in [0.2, 0.25) is 0 Å². The zero-order chi connectivity index (χ0) is 59.0.